The smallest absolute Gasteiger partial charge is 0.453 e. The number of carboxylic acid groups (broad SMARTS) is 1. The van der Waals surface area contributed by atoms with Crippen LogP contribution in [0, 0.1) is 0 Å². The minimum Gasteiger partial charge on any atom is -0.494 e. The van der Waals surface area contributed by atoms with Crippen LogP contribution < -0.4 is 15.0 Å². The van der Waals surface area contributed by atoms with E-state index in [1.165, 1.54) is 25.3 Å². The van der Waals surface area contributed by atoms with Crippen LogP contribution in [0.15, 0.2) is 50.7 Å². The minimum absolute atomic E-state index is 0.0419. The summed E-state index contributed by atoms with van der Waals surface area (Å²) < 4.78 is 16.1. The topological polar surface area (TPSA) is 148 Å². The quantitative estimate of drug-likeness (QED) is 0.257. The van der Waals surface area contributed by atoms with Crippen LogP contribution in [0.4, 0.5) is 0 Å². The third-order valence-electron chi connectivity index (χ3n) is 4.84. The Hall–Kier alpha value is -3.86. The fourth-order valence-electron chi connectivity index (χ4n) is 3.31. The second-order valence-corrected chi connectivity index (χ2v) is 7.92. The molecule has 1 atom stereocenters. The number of benzene rings is 2. The van der Waals surface area contributed by atoms with Crippen LogP contribution in [-0.4, -0.2) is 45.7 Å². The van der Waals surface area contributed by atoms with E-state index in [1.54, 1.807) is 24.3 Å². The zero-order chi connectivity index (χ0) is 23.8. The van der Waals surface area contributed by atoms with Gasteiger partial charge < -0.3 is 24.4 Å². The number of rotatable bonds is 6. The molecule has 3 N–H and O–H groups in total. The first-order chi connectivity index (χ1) is 15.7. The number of halogens is 1. The van der Waals surface area contributed by atoms with E-state index >= 15 is 0 Å². The summed E-state index contributed by atoms with van der Waals surface area (Å²) in [5.74, 6) is -5.59. The van der Waals surface area contributed by atoms with Crippen LogP contribution in [0.5, 0.6) is 17.4 Å². The van der Waals surface area contributed by atoms with Gasteiger partial charge in [-0.25, -0.2) is 9.59 Å². The molecule has 3 aromatic rings. The van der Waals surface area contributed by atoms with Crippen LogP contribution >= 0.6 is 15.9 Å². The van der Waals surface area contributed by atoms with Crippen molar-refractivity contribution in [2.45, 2.75) is 19.3 Å². The van der Waals surface area contributed by atoms with Gasteiger partial charge in [-0.05, 0) is 42.8 Å². The van der Waals surface area contributed by atoms with Gasteiger partial charge in [-0.15, -0.1) is 0 Å². The van der Waals surface area contributed by atoms with Gasteiger partial charge in [0.15, 0.2) is 11.5 Å². The zero-order valence-electron chi connectivity index (χ0n) is 17.1. The molecule has 11 heteroatoms. The number of nitrogens with one attached hydrogen (secondary N) is 1. The van der Waals surface area contributed by atoms with Crippen LogP contribution in [0.1, 0.15) is 18.1 Å². The van der Waals surface area contributed by atoms with Gasteiger partial charge in [-0.3, -0.25) is 14.8 Å². The number of aliphatic carboxylic acids is 1. The summed E-state index contributed by atoms with van der Waals surface area (Å²) in [5, 5.41) is 20.6. The number of hydrogen-bond donors (Lipinski definition) is 3. The van der Waals surface area contributed by atoms with Crippen molar-refractivity contribution in [1.82, 2.24) is 4.98 Å². The molecule has 4 rings (SSSR count). The maximum atomic E-state index is 12.1. The number of fused-ring (bicyclic) bond motifs is 2. The molecule has 1 aliphatic rings. The molecule has 0 radical (unpaired) electrons. The number of carboxylic acids is 1. The maximum absolute atomic E-state index is 12.1. The third kappa shape index (κ3) is 4.02. The van der Waals surface area contributed by atoms with Gasteiger partial charge in [-0.1, -0.05) is 22.0 Å². The molecule has 10 nitrogen and oxygen atoms in total. The van der Waals surface area contributed by atoms with Crippen molar-refractivity contribution in [2.75, 3.05) is 6.61 Å². The summed E-state index contributed by atoms with van der Waals surface area (Å²) in [6.45, 7) is 1.62. The Morgan fingerprint density at radius 1 is 1.18 bits per heavy atom. The van der Waals surface area contributed by atoms with E-state index < -0.39 is 23.3 Å². The van der Waals surface area contributed by atoms with Crippen molar-refractivity contribution in [3.8, 4) is 17.4 Å². The lowest BCUT2D eigenvalue weighted by Gasteiger charge is -2.19. The standard InChI is InChI=1S/C22H17BrN2O8/c1-2-31-21(30)22(20(28)29)32-16-6-3-11(7-17(16)33-22)9-24-10-15-14-8-12(23)4-5-13(14)18(26)25-19(15)27/h3-8,10H,2,9H2,1H3,(H,28,29)(H2,25,26,27). The monoisotopic (exact) mass is 516 g/mol. The molecule has 0 fully saturated rings. The molecule has 0 amide bonds. The molecule has 1 unspecified atom stereocenters. The van der Waals surface area contributed by atoms with E-state index in [9.17, 15) is 24.6 Å². The molecular formula is C22H17BrN2O8. The Labute approximate surface area is 194 Å². The average Bonchev–Trinajstić information content (AvgIpc) is 3.16. The molecular weight excluding hydrogens is 500 g/mol. The molecule has 0 spiro atoms. The van der Waals surface area contributed by atoms with Gasteiger partial charge in [0.1, 0.15) is 0 Å². The molecule has 33 heavy (non-hydrogen) atoms. The normalized spacial score (nSPS) is 16.9. The lowest BCUT2D eigenvalue weighted by Crippen LogP contribution is -2.55. The highest BCUT2D eigenvalue weighted by atomic mass is 79.9. The number of ether oxygens (including phenoxy) is 3. The number of carbonyl (C=O) groups excluding carboxylic acids is 1. The van der Waals surface area contributed by atoms with Gasteiger partial charge in [0.05, 0.1) is 18.7 Å². The van der Waals surface area contributed by atoms with E-state index in [0.717, 1.165) is 4.47 Å². The molecule has 0 saturated heterocycles. The number of aromatic amines is 1. The van der Waals surface area contributed by atoms with Gasteiger partial charge in [-0.2, -0.15) is 0 Å². The highest BCUT2D eigenvalue weighted by molar-refractivity contribution is 9.10. The van der Waals surface area contributed by atoms with Crippen LogP contribution in [-0.2, 0) is 20.9 Å². The van der Waals surface area contributed by atoms with Crippen molar-refractivity contribution >= 4 is 44.9 Å². The predicted octanol–water partition coefficient (Wildman–Crippen LogP) is 2.73. The first-order valence-corrected chi connectivity index (χ1v) is 10.5. The Morgan fingerprint density at radius 2 is 1.94 bits per heavy atom. The number of hydrogen-bond acceptors (Lipinski definition) is 8. The van der Waals surface area contributed by atoms with Crippen molar-refractivity contribution in [1.29, 1.82) is 0 Å². The second kappa shape index (κ2) is 8.58. The summed E-state index contributed by atoms with van der Waals surface area (Å²) in [4.78, 5) is 42.6. The summed E-state index contributed by atoms with van der Waals surface area (Å²) in [6, 6.07) is 9.64. The number of pyridine rings is 1. The van der Waals surface area contributed by atoms with Crippen LogP contribution in [0.2, 0.25) is 0 Å². The number of aromatic hydroxyl groups is 1. The number of esters is 1. The lowest BCUT2D eigenvalue weighted by molar-refractivity contribution is -0.198. The number of carbonyl (C=O) groups is 2. The van der Waals surface area contributed by atoms with Crippen LogP contribution in [0.3, 0.4) is 0 Å². The fraction of sp³-hybridized carbons (Fsp3) is 0.182. The predicted molar refractivity (Wildman–Crippen MR) is 120 cm³/mol. The van der Waals surface area contributed by atoms with Gasteiger partial charge in [0.2, 0.25) is 5.88 Å². The van der Waals surface area contributed by atoms with Crippen LogP contribution in [0.25, 0.3) is 10.8 Å². The van der Waals surface area contributed by atoms with E-state index in [2.05, 4.69) is 25.9 Å². The van der Waals surface area contributed by atoms with E-state index in [-0.39, 0.29) is 30.5 Å². The summed E-state index contributed by atoms with van der Waals surface area (Å²) in [5.41, 5.74) is 0.526. The molecule has 0 saturated carbocycles. The highest BCUT2D eigenvalue weighted by Crippen LogP contribution is 2.41. The van der Waals surface area contributed by atoms with Crippen molar-refractivity contribution in [2.24, 2.45) is 4.99 Å². The van der Waals surface area contributed by atoms with Crippen molar-refractivity contribution in [3.63, 3.8) is 0 Å². The first-order valence-electron chi connectivity index (χ1n) is 9.71. The Balaban J connectivity index is 1.59. The molecule has 2 heterocycles. The number of H-pyrrole nitrogens is 1. The number of nitrogens with zero attached hydrogens (tertiary/aromatic N) is 1. The fourth-order valence-corrected chi connectivity index (χ4v) is 3.67. The van der Waals surface area contributed by atoms with E-state index in [0.29, 0.717) is 21.9 Å². The average molecular weight is 517 g/mol. The molecule has 0 aliphatic carbocycles. The molecule has 0 bridgehead atoms. The van der Waals surface area contributed by atoms with Crippen molar-refractivity contribution < 1.29 is 34.0 Å². The molecule has 2 aromatic carbocycles. The number of aliphatic imine (C=N–C) groups is 1. The zero-order valence-corrected chi connectivity index (χ0v) is 18.7. The Bertz CT molecular complexity index is 1370. The lowest BCUT2D eigenvalue weighted by atomic mass is 10.1. The second-order valence-electron chi connectivity index (χ2n) is 7.00. The largest absolute Gasteiger partial charge is 0.494 e. The van der Waals surface area contributed by atoms with E-state index in [4.69, 9.17) is 14.2 Å². The highest BCUT2D eigenvalue weighted by Gasteiger charge is 2.58. The summed E-state index contributed by atoms with van der Waals surface area (Å²) >= 11 is 3.35. The van der Waals surface area contributed by atoms with Gasteiger partial charge >= 0.3 is 17.7 Å². The third-order valence-corrected chi connectivity index (χ3v) is 5.33. The summed E-state index contributed by atoms with van der Waals surface area (Å²) in [7, 11) is 0. The molecule has 1 aliphatic heterocycles. The Morgan fingerprint density at radius 3 is 2.67 bits per heavy atom. The maximum Gasteiger partial charge on any atom is 0.453 e. The Kier molecular flexibility index (Phi) is 5.81. The first kappa shape index (κ1) is 22.3. The van der Waals surface area contributed by atoms with Gasteiger partial charge in [0.25, 0.3) is 5.56 Å². The SMILES string of the molecule is CCOC(=O)C1(C(=O)O)Oc2ccc(CN=Cc3c(O)[nH]c(=O)c4ccc(Br)cc34)cc2O1. The van der Waals surface area contributed by atoms with E-state index in [1.807, 2.05) is 0 Å². The van der Waals surface area contributed by atoms with Gasteiger partial charge in [0, 0.05) is 21.5 Å². The molecule has 1 aromatic heterocycles. The minimum atomic E-state index is -2.60. The number of aromatic nitrogens is 1. The summed E-state index contributed by atoms with van der Waals surface area (Å²) in [6.07, 6.45) is 1.42. The molecule has 170 valence electrons. The van der Waals surface area contributed by atoms with Crippen molar-refractivity contribution in [3.05, 3.63) is 62.4 Å².